The van der Waals surface area contributed by atoms with Gasteiger partial charge in [-0.3, -0.25) is 0 Å². The van der Waals surface area contributed by atoms with Crippen molar-refractivity contribution in [2.75, 3.05) is 13.6 Å². The third kappa shape index (κ3) is 3.05. The van der Waals surface area contributed by atoms with Crippen LogP contribution in [0.2, 0.25) is 10.0 Å². The summed E-state index contributed by atoms with van der Waals surface area (Å²) in [5.41, 5.74) is 0.985. The molecule has 18 heavy (non-hydrogen) atoms. The first kappa shape index (κ1) is 13.4. The Kier molecular flexibility index (Phi) is 4.64. The van der Waals surface area contributed by atoms with Gasteiger partial charge in [0.05, 0.1) is 10.0 Å². The summed E-state index contributed by atoms with van der Waals surface area (Å²) in [6.45, 7) is 1.91. The van der Waals surface area contributed by atoms with Crippen molar-refractivity contribution in [1.29, 1.82) is 0 Å². The Bertz CT molecular complexity index is 523. The molecule has 1 aromatic carbocycles. The first-order valence-electron chi connectivity index (χ1n) is 5.83. The smallest absolute Gasteiger partial charge is 0.139 e. The second-order valence-electron chi connectivity index (χ2n) is 4.03. The van der Waals surface area contributed by atoms with Gasteiger partial charge < -0.3 is 9.88 Å². The van der Waals surface area contributed by atoms with Crippen molar-refractivity contribution in [2.24, 2.45) is 0 Å². The van der Waals surface area contributed by atoms with E-state index in [2.05, 4.69) is 14.9 Å². The molecular weight excluding hydrogens is 269 g/mol. The summed E-state index contributed by atoms with van der Waals surface area (Å²) in [6, 6.07) is 5.58. The van der Waals surface area contributed by atoms with Crippen LogP contribution in [0, 0.1) is 0 Å². The number of halogens is 2. The molecule has 1 heterocycles. The van der Waals surface area contributed by atoms with Crippen molar-refractivity contribution in [1.82, 2.24) is 14.9 Å². The lowest BCUT2D eigenvalue weighted by atomic mass is 10.2. The molecule has 0 saturated carbocycles. The lowest BCUT2D eigenvalue weighted by Gasteiger charge is -2.08. The topological polar surface area (TPSA) is 29.9 Å². The molecule has 1 aromatic heterocycles. The zero-order valence-corrected chi connectivity index (χ0v) is 11.7. The summed E-state index contributed by atoms with van der Waals surface area (Å²) in [5, 5.41) is 4.25. The molecule has 0 atom stereocenters. The second-order valence-corrected chi connectivity index (χ2v) is 4.84. The first-order valence-corrected chi connectivity index (χ1v) is 6.59. The van der Waals surface area contributed by atoms with Crippen LogP contribution in [-0.4, -0.2) is 23.1 Å². The van der Waals surface area contributed by atoms with Crippen LogP contribution in [0.25, 0.3) is 11.4 Å². The van der Waals surface area contributed by atoms with Crippen molar-refractivity contribution in [2.45, 2.75) is 13.0 Å². The Hall–Kier alpha value is -1.03. The molecule has 5 heteroatoms. The average molecular weight is 284 g/mol. The van der Waals surface area contributed by atoms with Crippen molar-refractivity contribution in [3.63, 3.8) is 0 Å². The highest BCUT2D eigenvalue weighted by molar-refractivity contribution is 6.42. The summed E-state index contributed by atoms with van der Waals surface area (Å²) < 4.78 is 2.12. The predicted octanol–water partition coefficient (Wildman–Crippen LogP) is 3.47. The van der Waals surface area contributed by atoms with Gasteiger partial charge in [-0.25, -0.2) is 4.98 Å². The van der Waals surface area contributed by atoms with Gasteiger partial charge in [0.25, 0.3) is 0 Å². The van der Waals surface area contributed by atoms with Gasteiger partial charge in [0.15, 0.2) is 0 Å². The first-order chi connectivity index (χ1) is 8.72. The fourth-order valence-electron chi connectivity index (χ4n) is 1.81. The lowest BCUT2D eigenvalue weighted by molar-refractivity contribution is 0.617. The monoisotopic (exact) mass is 283 g/mol. The van der Waals surface area contributed by atoms with E-state index >= 15 is 0 Å². The molecule has 0 amide bonds. The largest absolute Gasteiger partial charge is 0.331 e. The molecule has 0 unspecified atom stereocenters. The Balaban J connectivity index is 2.22. The van der Waals surface area contributed by atoms with Crippen LogP contribution < -0.4 is 5.32 Å². The van der Waals surface area contributed by atoms with Gasteiger partial charge in [0, 0.05) is 24.5 Å². The molecule has 1 N–H and O–H groups in total. The molecule has 0 spiro atoms. The van der Waals surface area contributed by atoms with Crippen LogP contribution in [-0.2, 0) is 6.54 Å². The van der Waals surface area contributed by atoms with Gasteiger partial charge in [-0.2, -0.15) is 0 Å². The van der Waals surface area contributed by atoms with E-state index in [1.54, 1.807) is 12.3 Å². The number of imidazole rings is 1. The molecule has 96 valence electrons. The van der Waals surface area contributed by atoms with Crippen LogP contribution >= 0.6 is 23.2 Å². The standard InChI is InChI=1S/C13H15Cl2N3/c1-16-5-2-7-18-8-6-17-13(18)10-3-4-11(14)12(15)9-10/h3-4,6,8-9,16H,2,5,7H2,1H3. The number of hydrogen-bond donors (Lipinski definition) is 1. The van der Waals surface area contributed by atoms with Gasteiger partial charge >= 0.3 is 0 Å². The highest BCUT2D eigenvalue weighted by Crippen LogP contribution is 2.27. The summed E-state index contributed by atoms with van der Waals surface area (Å²) >= 11 is 11.9. The van der Waals surface area contributed by atoms with Crippen LogP contribution in [0.15, 0.2) is 30.6 Å². The minimum Gasteiger partial charge on any atom is -0.331 e. The van der Waals surface area contributed by atoms with E-state index in [-0.39, 0.29) is 0 Å². The summed E-state index contributed by atoms with van der Waals surface area (Å²) in [5.74, 6) is 0.921. The summed E-state index contributed by atoms with van der Waals surface area (Å²) in [4.78, 5) is 4.38. The summed E-state index contributed by atoms with van der Waals surface area (Å²) in [6.07, 6.45) is 4.84. The van der Waals surface area contributed by atoms with E-state index in [1.807, 2.05) is 25.4 Å². The fraction of sp³-hybridized carbons (Fsp3) is 0.308. The molecule has 0 radical (unpaired) electrons. The quantitative estimate of drug-likeness (QED) is 0.852. The molecule has 3 nitrogen and oxygen atoms in total. The zero-order chi connectivity index (χ0) is 13.0. The molecule has 0 aliphatic carbocycles. The molecule has 0 aliphatic rings. The van der Waals surface area contributed by atoms with Gasteiger partial charge in [-0.05, 0) is 38.2 Å². The van der Waals surface area contributed by atoms with Gasteiger partial charge in [0.2, 0.25) is 0 Å². The Morgan fingerprint density at radius 1 is 1.28 bits per heavy atom. The minimum absolute atomic E-state index is 0.555. The molecule has 0 fully saturated rings. The molecule has 0 aliphatic heterocycles. The van der Waals surface area contributed by atoms with E-state index in [4.69, 9.17) is 23.2 Å². The second kappa shape index (κ2) is 6.23. The third-order valence-corrected chi connectivity index (χ3v) is 3.46. The average Bonchev–Trinajstić information content (AvgIpc) is 2.81. The van der Waals surface area contributed by atoms with E-state index in [9.17, 15) is 0 Å². The van der Waals surface area contributed by atoms with Crippen LogP contribution in [0.4, 0.5) is 0 Å². The normalized spacial score (nSPS) is 10.8. The lowest BCUT2D eigenvalue weighted by Crippen LogP contribution is -2.11. The summed E-state index contributed by atoms with van der Waals surface area (Å²) in [7, 11) is 1.95. The predicted molar refractivity (Wildman–Crippen MR) is 76.2 cm³/mol. The highest BCUT2D eigenvalue weighted by Gasteiger charge is 2.07. The maximum absolute atomic E-state index is 6.03. The van der Waals surface area contributed by atoms with Crippen LogP contribution in [0.3, 0.4) is 0 Å². The molecule has 0 saturated heterocycles. The SMILES string of the molecule is CNCCCn1ccnc1-c1ccc(Cl)c(Cl)c1. The Morgan fingerprint density at radius 2 is 2.11 bits per heavy atom. The molecular formula is C13H15Cl2N3. The fourth-order valence-corrected chi connectivity index (χ4v) is 2.11. The van der Waals surface area contributed by atoms with Crippen molar-refractivity contribution in [3.8, 4) is 11.4 Å². The van der Waals surface area contributed by atoms with Crippen molar-refractivity contribution in [3.05, 3.63) is 40.6 Å². The highest BCUT2D eigenvalue weighted by atomic mass is 35.5. The van der Waals surface area contributed by atoms with E-state index in [0.29, 0.717) is 10.0 Å². The number of nitrogens with one attached hydrogen (secondary N) is 1. The molecule has 0 bridgehead atoms. The van der Waals surface area contributed by atoms with Gasteiger partial charge in [-0.15, -0.1) is 0 Å². The maximum atomic E-state index is 6.03. The molecule has 2 rings (SSSR count). The van der Waals surface area contributed by atoms with E-state index < -0.39 is 0 Å². The number of aryl methyl sites for hydroxylation is 1. The van der Waals surface area contributed by atoms with Crippen molar-refractivity contribution >= 4 is 23.2 Å². The number of nitrogens with zero attached hydrogens (tertiary/aromatic N) is 2. The number of hydrogen-bond acceptors (Lipinski definition) is 2. The number of rotatable bonds is 5. The Labute approximate surface area is 117 Å². The van der Waals surface area contributed by atoms with E-state index in [0.717, 1.165) is 30.9 Å². The number of benzene rings is 1. The van der Waals surface area contributed by atoms with Gasteiger partial charge in [0.1, 0.15) is 5.82 Å². The van der Waals surface area contributed by atoms with Gasteiger partial charge in [-0.1, -0.05) is 23.2 Å². The van der Waals surface area contributed by atoms with E-state index in [1.165, 1.54) is 0 Å². The zero-order valence-electron chi connectivity index (χ0n) is 10.2. The van der Waals surface area contributed by atoms with Crippen LogP contribution in [0.5, 0.6) is 0 Å². The Morgan fingerprint density at radius 3 is 2.83 bits per heavy atom. The minimum atomic E-state index is 0.555. The van der Waals surface area contributed by atoms with Crippen molar-refractivity contribution < 1.29 is 0 Å². The number of aromatic nitrogens is 2. The molecule has 2 aromatic rings. The third-order valence-electron chi connectivity index (χ3n) is 2.72. The maximum Gasteiger partial charge on any atom is 0.139 e. The van der Waals surface area contributed by atoms with Crippen LogP contribution in [0.1, 0.15) is 6.42 Å².